The van der Waals surface area contributed by atoms with E-state index in [1.54, 1.807) is 0 Å². The van der Waals surface area contributed by atoms with E-state index in [0.717, 1.165) is 6.61 Å². The number of epoxide rings is 2. The van der Waals surface area contributed by atoms with Crippen molar-refractivity contribution >= 4 is 0 Å². The van der Waals surface area contributed by atoms with Crippen molar-refractivity contribution in [1.82, 2.24) is 0 Å². The summed E-state index contributed by atoms with van der Waals surface area (Å²) in [5, 5.41) is 0. The van der Waals surface area contributed by atoms with Gasteiger partial charge in [0.1, 0.15) is 18.3 Å². The van der Waals surface area contributed by atoms with Crippen LogP contribution in [0.2, 0.25) is 0 Å². The molecular formula is C6H8O2. The van der Waals surface area contributed by atoms with Gasteiger partial charge in [-0.25, -0.2) is 0 Å². The normalized spacial score (nSPS) is 50.8. The molecule has 0 spiro atoms. The summed E-state index contributed by atoms with van der Waals surface area (Å²) in [6.45, 7) is 4.49. The lowest BCUT2D eigenvalue weighted by molar-refractivity contribution is 0.320. The molecule has 2 nitrogen and oxygen atoms in total. The highest BCUT2D eigenvalue weighted by atomic mass is 16.7. The minimum Gasteiger partial charge on any atom is -0.370 e. The topological polar surface area (TPSA) is 25.1 Å². The molecule has 0 amide bonds. The van der Waals surface area contributed by atoms with Gasteiger partial charge in [0, 0.05) is 0 Å². The summed E-state index contributed by atoms with van der Waals surface area (Å²) in [7, 11) is 0. The molecule has 0 N–H and O–H groups in total. The summed E-state index contributed by atoms with van der Waals surface area (Å²) in [6.07, 6.45) is 2.87. The SMILES string of the molecule is C=CC1OC1C1CO1. The van der Waals surface area contributed by atoms with Crippen LogP contribution in [0.1, 0.15) is 0 Å². The Hall–Kier alpha value is -0.340. The van der Waals surface area contributed by atoms with E-state index < -0.39 is 0 Å². The summed E-state index contributed by atoms with van der Waals surface area (Å²) >= 11 is 0. The maximum Gasteiger partial charge on any atom is 0.117 e. The standard InChI is InChI=1S/C6H8O2/c1-2-4-6(8-4)5-3-7-5/h2,4-6H,1,3H2. The second kappa shape index (κ2) is 1.33. The van der Waals surface area contributed by atoms with Crippen molar-refractivity contribution in [3.63, 3.8) is 0 Å². The maximum absolute atomic E-state index is 5.15. The first-order valence-corrected chi connectivity index (χ1v) is 2.81. The Bertz CT molecular complexity index is 118. The van der Waals surface area contributed by atoms with Crippen LogP contribution in [-0.4, -0.2) is 24.9 Å². The van der Waals surface area contributed by atoms with E-state index in [2.05, 4.69) is 6.58 Å². The Balaban J connectivity index is 1.86. The smallest absolute Gasteiger partial charge is 0.117 e. The quantitative estimate of drug-likeness (QED) is 0.380. The van der Waals surface area contributed by atoms with Gasteiger partial charge in [-0.2, -0.15) is 0 Å². The summed E-state index contributed by atoms with van der Waals surface area (Å²) in [6, 6.07) is 0. The number of hydrogen-bond acceptors (Lipinski definition) is 2. The molecule has 2 heteroatoms. The van der Waals surface area contributed by atoms with Crippen LogP contribution in [-0.2, 0) is 9.47 Å². The van der Waals surface area contributed by atoms with Crippen LogP contribution in [0.25, 0.3) is 0 Å². The lowest BCUT2D eigenvalue weighted by Crippen LogP contribution is -1.98. The second-order valence-corrected chi connectivity index (χ2v) is 2.17. The predicted molar refractivity (Wildman–Crippen MR) is 28.6 cm³/mol. The first kappa shape index (κ1) is 4.53. The molecule has 2 fully saturated rings. The molecule has 0 saturated carbocycles. The molecule has 2 aliphatic rings. The van der Waals surface area contributed by atoms with Gasteiger partial charge in [0.25, 0.3) is 0 Å². The van der Waals surface area contributed by atoms with Crippen LogP contribution in [0.4, 0.5) is 0 Å². The van der Waals surface area contributed by atoms with Crippen LogP contribution >= 0.6 is 0 Å². The summed E-state index contributed by atoms with van der Waals surface area (Å²) in [4.78, 5) is 0. The molecule has 3 atom stereocenters. The highest BCUT2D eigenvalue weighted by molar-refractivity contribution is 5.05. The fraction of sp³-hybridized carbons (Fsp3) is 0.667. The monoisotopic (exact) mass is 112 g/mol. The Morgan fingerprint density at radius 3 is 2.75 bits per heavy atom. The predicted octanol–water partition coefficient (Wildman–Crippen LogP) is 0.339. The van der Waals surface area contributed by atoms with E-state index >= 15 is 0 Å². The van der Waals surface area contributed by atoms with Crippen molar-refractivity contribution in [3.05, 3.63) is 12.7 Å². The van der Waals surface area contributed by atoms with E-state index in [1.807, 2.05) is 6.08 Å². The maximum atomic E-state index is 5.15. The van der Waals surface area contributed by atoms with Crippen LogP contribution < -0.4 is 0 Å². The molecule has 0 aromatic carbocycles. The molecule has 8 heavy (non-hydrogen) atoms. The van der Waals surface area contributed by atoms with Gasteiger partial charge in [0.2, 0.25) is 0 Å². The molecule has 0 aliphatic carbocycles. The van der Waals surface area contributed by atoms with Gasteiger partial charge in [-0.1, -0.05) is 6.08 Å². The molecule has 0 bridgehead atoms. The highest BCUT2D eigenvalue weighted by Gasteiger charge is 2.49. The minimum atomic E-state index is 0.294. The lowest BCUT2D eigenvalue weighted by Gasteiger charge is -1.74. The van der Waals surface area contributed by atoms with Crippen molar-refractivity contribution in [1.29, 1.82) is 0 Å². The van der Waals surface area contributed by atoms with E-state index in [9.17, 15) is 0 Å². The van der Waals surface area contributed by atoms with Gasteiger partial charge in [-0.3, -0.25) is 0 Å². The molecule has 0 aromatic heterocycles. The Kier molecular flexibility index (Phi) is 0.754. The fourth-order valence-corrected chi connectivity index (χ4v) is 0.870. The highest BCUT2D eigenvalue weighted by Crippen LogP contribution is 2.33. The van der Waals surface area contributed by atoms with Gasteiger partial charge in [-0.15, -0.1) is 6.58 Å². The zero-order valence-electron chi connectivity index (χ0n) is 4.54. The van der Waals surface area contributed by atoms with E-state index in [-0.39, 0.29) is 0 Å². The fourth-order valence-electron chi connectivity index (χ4n) is 0.870. The average Bonchev–Trinajstić information content (AvgIpc) is 2.62. The first-order valence-electron chi connectivity index (χ1n) is 2.81. The van der Waals surface area contributed by atoms with Crippen molar-refractivity contribution < 1.29 is 9.47 Å². The molecule has 44 valence electrons. The van der Waals surface area contributed by atoms with Gasteiger partial charge >= 0.3 is 0 Å². The minimum absolute atomic E-state index is 0.294. The molecule has 0 radical (unpaired) electrons. The summed E-state index contributed by atoms with van der Waals surface area (Å²) in [5.74, 6) is 0. The molecule has 2 heterocycles. The zero-order chi connectivity index (χ0) is 5.56. The Morgan fingerprint density at radius 2 is 2.38 bits per heavy atom. The van der Waals surface area contributed by atoms with Crippen LogP contribution in [0.15, 0.2) is 12.7 Å². The molecular weight excluding hydrogens is 104 g/mol. The molecule has 2 aliphatic heterocycles. The number of ether oxygens (including phenoxy) is 2. The van der Waals surface area contributed by atoms with Crippen molar-refractivity contribution in [2.45, 2.75) is 18.3 Å². The van der Waals surface area contributed by atoms with Crippen LogP contribution in [0, 0.1) is 0 Å². The number of rotatable bonds is 2. The van der Waals surface area contributed by atoms with E-state index in [4.69, 9.17) is 9.47 Å². The third kappa shape index (κ3) is 0.572. The molecule has 0 aromatic rings. The van der Waals surface area contributed by atoms with Crippen LogP contribution in [0.3, 0.4) is 0 Å². The van der Waals surface area contributed by atoms with Crippen LogP contribution in [0.5, 0.6) is 0 Å². The van der Waals surface area contributed by atoms with Gasteiger partial charge in [-0.05, 0) is 0 Å². The average molecular weight is 112 g/mol. The Labute approximate surface area is 48.1 Å². The van der Waals surface area contributed by atoms with Gasteiger partial charge < -0.3 is 9.47 Å². The first-order chi connectivity index (χ1) is 3.92. The van der Waals surface area contributed by atoms with Crippen molar-refractivity contribution in [2.75, 3.05) is 6.61 Å². The van der Waals surface area contributed by atoms with Gasteiger partial charge in [0.15, 0.2) is 0 Å². The lowest BCUT2D eigenvalue weighted by atomic mass is 10.2. The molecule has 2 saturated heterocycles. The largest absolute Gasteiger partial charge is 0.370 e. The molecule has 2 rings (SSSR count). The van der Waals surface area contributed by atoms with Crippen molar-refractivity contribution in [3.8, 4) is 0 Å². The Morgan fingerprint density at radius 1 is 1.62 bits per heavy atom. The summed E-state index contributed by atoms with van der Waals surface area (Å²) < 4.78 is 10.1. The van der Waals surface area contributed by atoms with Gasteiger partial charge in [0.05, 0.1) is 6.61 Å². The summed E-state index contributed by atoms with van der Waals surface area (Å²) in [5.41, 5.74) is 0. The van der Waals surface area contributed by atoms with E-state index in [0.29, 0.717) is 18.3 Å². The number of hydrogen-bond donors (Lipinski definition) is 0. The zero-order valence-corrected chi connectivity index (χ0v) is 4.54. The third-order valence-corrected chi connectivity index (χ3v) is 1.52. The molecule has 3 unspecified atom stereocenters. The third-order valence-electron chi connectivity index (χ3n) is 1.52. The van der Waals surface area contributed by atoms with Crippen molar-refractivity contribution in [2.24, 2.45) is 0 Å². The second-order valence-electron chi connectivity index (χ2n) is 2.17. The van der Waals surface area contributed by atoms with E-state index in [1.165, 1.54) is 0 Å².